The highest BCUT2D eigenvalue weighted by molar-refractivity contribution is 14.0. The molecule has 3 rings (SSSR count). The minimum Gasteiger partial charge on any atom is -0.454 e. The maximum atomic E-state index is 12.8. The SMILES string of the molecule is CCNC(=NCc1cc2c(cc1OC(F)F)OCO2)NCCc1csc(CC)n1.I. The number of aliphatic imine (C=N–C) groups is 1. The van der Waals surface area contributed by atoms with Crippen molar-refractivity contribution in [2.75, 3.05) is 19.9 Å². The van der Waals surface area contributed by atoms with Crippen LogP contribution < -0.4 is 24.8 Å². The largest absolute Gasteiger partial charge is 0.454 e. The first-order valence-corrected chi connectivity index (χ1v) is 10.3. The third-order valence-electron chi connectivity index (χ3n) is 4.10. The van der Waals surface area contributed by atoms with Crippen molar-refractivity contribution in [3.63, 3.8) is 0 Å². The Balaban J connectivity index is 0.00000320. The van der Waals surface area contributed by atoms with Gasteiger partial charge in [-0.05, 0) is 19.4 Å². The number of hydrogen-bond acceptors (Lipinski definition) is 6. The van der Waals surface area contributed by atoms with Crippen LogP contribution in [0, 0.1) is 0 Å². The topological polar surface area (TPSA) is 77.0 Å². The third-order valence-corrected chi connectivity index (χ3v) is 5.14. The molecule has 2 heterocycles. The number of rotatable bonds is 9. The number of guanidine groups is 1. The van der Waals surface area contributed by atoms with E-state index in [2.05, 4.69) is 37.7 Å². The van der Waals surface area contributed by atoms with Crippen LogP contribution >= 0.6 is 35.3 Å². The van der Waals surface area contributed by atoms with Crippen molar-refractivity contribution in [2.45, 2.75) is 39.8 Å². The van der Waals surface area contributed by atoms with Gasteiger partial charge in [0.05, 0.1) is 17.2 Å². The summed E-state index contributed by atoms with van der Waals surface area (Å²) >= 11 is 1.66. The molecular weight excluding hydrogens is 529 g/mol. The molecule has 2 N–H and O–H groups in total. The molecule has 7 nitrogen and oxygen atoms in total. The van der Waals surface area contributed by atoms with E-state index >= 15 is 0 Å². The van der Waals surface area contributed by atoms with Gasteiger partial charge in [-0.1, -0.05) is 6.92 Å². The van der Waals surface area contributed by atoms with Crippen LogP contribution in [-0.2, 0) is 19.4 Å². The Morgan fingerprint density at radius 3 is 2.70 bits per heavy atom. The Hall–Kier alpha value is -1.89. The van der Waals surface area contributed by atoms with Crippen molar-refractivity contribution in [1.29, 1.82) is 0 Å². The van der Waals surface area contributed by atoms with Gasteiger partial charge in [-0.3, -0.25) is 0 Å². The van der Waals surface area contributed by atoms with E-state index < -0.39 is 6.61 Å². The smallest absolute Gasteiger partial charge is 0.387 e. The lowest BCUT2D eigenvalue weighted by atomic mass is 10.1. The summed E-state index contributed by atoms with van der Waals surface area (Å²) in [5, 5.41) is 9.56. The zero-order chi connectivity index (χ0) is 20.6. The summed E-state index contributed by atoms with van der Waals surface area (Å²) in [6.45, 7) is 2.62. The van der Waals surface area contributed by atoms with Gasteiger partial charge in [0.2, 0.25) is 6.79 Å². The Kier molecular flexibility index (Phi) is 9.82. The standard InChI is InChI=1S/C19H24F2N4O3S.HI/c1-3-17-25-13(10-29-17)5-6-23-19(22-4-2)24-9-12-7-15-16(27-11-26-15)8-14(12)28-18(20)21;/h7-8,10,18H,3-6,9,11H2,1-2H3,(H2,22,23,24);1H. The van der Waals surface area contributed by atoms with Gasteiger partial charge < -0.3 is 24.8 Å². The van der Waals surface area contributed by atoms with Crippen molar-refractivity contribution in [2.24, 2.45) is 4.99 Å². The number of thiazole rings is 1. The molecule has 0 aliphatic carbocycles. The van der Waals surface area contributed by atoms with E-state index in [1.54, 1.807) is 17.4 Å². The molecule has 1 aliphatic heterocycles. The number of alkyl halides is 2. The molecule has 1 aliphatic rings. The second-order valence-electron chi connectivity index (χ2n) is 6.15. The minimum atomic E-state index is -2.93. The van der Waals surface area contributed by atoms with Crippen molar-refractivity contribution >= 4 is 41.3 Å². The summed E-state index contributed by atoms with van der Waals surface area (Å²) in [4.78, 5) is 9.03. The molecule has 0 fully saturated rings. The Bertz CT molecular complexity index is 851. The van der Waals surface area contributed by atoms with Gasteiger partial charge in [-0.25, -0.2) is 9.98 Å². The fraction of sp³-hybridized carbons (Fsp3) is 0.474. The number of fused-ring (bicyclic) bond motifs is 1. The molecule has 1 aromatic heterocycles. The first-order valence-electron chi connectivity index (χ1n) is 9.41. The van der Waals surface area contributed by atoms with Crippen LogP contribution in [0.25, 0.3) is 0 Å². The molecule has 2 aromatic rings. The fourth-order valence-corrected chi connectivity index (χ4v) is 3.52. The molecule has 0 spiro atoms. The van der Waals surface area contributed by atoms with Crippen molar-refractivity contribution in [3.05, 3.63) is 33.8 Å². The zero-order valence-electron chi connectivity index (χ0n) is 16.7. The second-order valence-corrected chi connectivity index (χ2v) is 7.09. The number of aromatic nitrogens is 1. The van der Waals surface area contributed by atoms with Crippen LogP contribution in [0.5, 0.6) is 17.2 Å². The highest BCUT2D eigenvalue weighted by Crippen LogP contribution is 2.39. The predicted octanol–water partition coefficient (Wildman–Crippen LogP) is 3.95. The molecule has 0 radical (unpaired) electrons. The van der Waals surface area contributed by atoms with Crippen LogP contribution in [0.4, 0.5) is 8.78 Å². The average molecular weight is 554 g/mol. The van der Waals surface area contributed by atoms with Crippen LogP contribution in [0.2, 0.25) is 0 Å². The number of benzene rings is 1. The van der Waals surface area contributed by atoms with Gasteiger partial charge in [0, 0.05) is 36.5 Å². The lowest BCUT2D eigenvalue weighted by Gasteiger charge is -2.13. The van der Waals surface area contributed by atoms with E-state index in [0.29, 0.717) is 36.1 Å². The summed E-state index contributed by atoms with van der Waals surface area (Å²) in [5.41, 5.74) is 1.53. The number of nitrogens with zero attached hydrogens (tertiary/aromatic N) is 2. The van der Waals surface area contributed by atoms with E-state index in [9.17, 15) is 8.78 Å². The quantitative estimate of drug-likeness (QED) is 0.278. The summed E-state index contributed by atoms with van der Waals surface area (Å²) in [6, 6.07) is 3.03. The Labute approximate surface area is 195 Å². The van der Waals surface area contributed by atoms with Crippen LogP contribution in [0.3, 0.4) is 0 Å². The monoisotopic (exact) mass is 554 g/mol. The van der Waals surface area contributed by atoms with E-state index in [-0.39, 0.29) is 43.1 Å². The highest BCUT2D eigenvalue weighted by Gasteiger charge is 2.20. The molecule has 0 saturated carbocycles. The number of aryl methyl sites for hydroxylation is 1. The van der Waals surface area contributed by atoms with Crippen molar-refractivity contribution in [1.82, 2.24) is 15.6 Å². The van der Waals surface area contributed by atoms with E-state index in [1.807, 2.05) is 6.92 Å². The summed E-state index contributed by atoms with van der Waals surface area (Å²) < 4.78 is 40.7. The van der Waals surface area contributed by atoms with Gasteiger partial charge in [-0.15, -0.1) is 35.3 Å². The highest BCUT2D eigenvalue weighted by atomic mass is 127. The van der Waals surface area contributed by atoms with Gasteiger partial charge in [-0.2, -0.15) is 8.78 Å². The number of halogens is 3. The molecule has 0 unspecified atom stereocenters. The van der Waals surface area contributed by atoms with Crippen LogP contribution in [-0.4, -0.2) is 37.4 Å². The number of nitrogens with one attached hydrogen (secondary N) is 2. The molecule has 0 bridgehead atoms. The lowest BCUT2D eigenvalue weighted by Crippen LogP contribution is -2.38. The fourth-order valence-electron chi connectivity index (χ4n) is 2.74. The van der Waals surface area contributed by atoms with Gasteiger partial charge in [0.1, 0.15) is 5.75 Å². The second kappa shape index (κ2) is 12.1. The third kappa shape index (κ3) is 6.83. The van der Waals surface area contributed by atoms with E-state index in [4.69, 9.17) is 9.47 Å². The van der Waals surface area contributed by atoms with Crippen LogP contribution in [0.15, 0.2) is 22.5 Å². The Morgan fingerprint density at radius 2 is 2.03 bits per heavy atom. The first-order chi connectivity index (χ1) is 14.1. The molecule has 11 heteroatoms. The first kappa shape index (κ1) is 24.4. The molecule has 30 heavy (non-hydrogen) atoms. The molecule has 166 valence electrons. The summed E-state index contributed by atoms with van der Waals surface area (Å²) in [6.07, 6.45) is 1.70. The van der Waals surface area contributed by atoms with Crippen molar-refractivity contribution in [3.8, 4) is 17.2 Å². The van der Waals surface area contributed by atoms with Gasteiger partial charge in [0.25, 0.3) is 0 Å². The average Bonchev–Trinajstić information content (AvgIpc) is 3.34. The molecule has 0 amide bonds. The Morgan fingerprint density at radius 1 is 1.27 bits per heavy atom. The number of ether oxygens (including phenoxy) is 3. The normalized spacial score (nSPS) is 12.6. The summed E-state index contributed by atoms with van der Waals surface area (Å²) in [7, 11) is 0. The molecule has 0 saturated heterocycles. The number of hydrogen-bond donors (Lipinski definition) is 2. The molecular formula is C19H25F2IN4O3S. The molecule has 1 aromatic carbocycles. The van der Waals surface area contributed by atoms with E-state index in [1.165, 1.54) is 6.07 Å². The summed E-state index contributed by atoms with van der Waals surface area (Å²) in [5.74, 6) is 1.48. The van der Waals surface area contributed by atoms with E-state index in [0.717, 1.165) is 23.5 Å². The maximum absolute atomic E-state index is 12.8. The minimum absolute atomic E-state index is 0. The lowest BCUT2D eigenvalue weighted by molar-refractivity contribution is -0.0505. The van der Waals surface area contributed by atoms with Crippen LogP contribution in [0.1, 0.15) is 30.1 Å². The van der Waals surface area contributed by atoms with Gasteiger partial charge in [0.15, 0.2) is 17.5 Å². The van der Waals surface area contributed by atoms with Crippen molar-refractivity contribution < 1.29 is 23.0 Å². The maximum Gasteiger partial charge on any atom is 0.387 e. The zero-order valence-corrected chi connectivity index (χ0v) is 19.9. The molecule has 0 atom stereocenters. The van der Waals surface area contributed by atoms with Gasteiger partial charge >= 0.3 is 6.61 Å². The predicted molar refractivity (Wildman–Crippen MR) is 123 cm³/mol.